The molecule has 5 atom stereocenters. The van der Waals surface area contributed by atoms with Gasteiger partial charge < -0.3 is 9.99 Å². The average Bonchev–Trinajstić information content (AvgIpc) is 2.91. The lowest BCUT2D eigenvalue weighted by Crippen LogP contribution is -2.46. The lowest BCUT2D eigenvalue weighted by atomic mass is 9.82. The average molecular weight is 361 g/mol. The van der Waals surface area contributed by atoms with E-state index in [9.17, 15) is 27.3 Å². The van der Waals surface area contributed by atoms with E-state index in [0.29, 0.717) is 12.8 Å². The molecule has 3 aliphatic rings. The monoisotopic (exact) mass is 361 g/mol. The smallest absolute Gasteiger partial charge is 0.415 e. The molecule has 0 radical (unpaired) electrons. The third-order valence-electron chi connectivity index (χ3n) is 4.48. The standard InChI is InChI=1S/C10H12F2O8S2/c1-9-2-4-5(3-9)18-22(15,16)6(4)7(9)17-8(13)10(11,12)21-20-19-14/h4-7,14H,2-3H2,1H3/p-1. The maximum Gasteiger partial charge on any atom is 0.415 e. The number of fused-ring (bicyclic) bond motifs is 1. The summed E-state index contributed by atoms with van der Waals surface area (Å²) >= 11 is -0.815. The van der Waals surface area contributed by atoms with Gasteiger partial charge >= 0.3 is 11.2 Å². The third-order valence-corrected chi connectivity index (χ3v) is 6.76. The van der Waals surface area contributed by atoms with Crippen molar-refractivity contribution in [3.63, 3.8) is 0 Å². The van der Waals surface area contributed by atoms with Gasteiger partial charge in [-0.3, -0.25) is 9.22 Å². The molecule has 0 amide bonds. The summed E-state index contributed by atoms with van der Waals surface area (Å²) in [5, 5.41) is 6.98. The second-order valence-corrected chi connectivity index (χ2v) is 8.42. The number of halogens is 2. The van der Waals surface area contributed by atoms with Crippen molar-refractivity contribution in [3.8, 4) is 0 Å². The lowest BCUT2D eigenvalue weighted by Gasteiger charge is -2.33. The van der Waals surface area contributed by atoms with Gasteiger partial charge in [-0.1, -0.05) is 6.92 Å². The van der Waals surface area contributed by atoms with E-state index in [1.54, 1.807) is 6.92 Å². The van der Waals surface area contributed by atoms with Crippen molar-refractivity contribution in [1.29, 1.82) is 0 Å². The first-order valence-corrected chi connectivity index (χ1v) is 8.47. The van der Waals surface area contributed by atoms with Crippen molar-refractivity contribution in [2.45, 2.75) is 42.5 Å². The first kappa shape index (κ1) is 16.3. The number of esters is 1. The summed E-state index contributed by atoms with van der Waals surface area (Å²) in [6, 6.07) is 0. The predicted molar refractivity (Wildman–Crippen MR) is 63.0 cm³/mol. The summed E-state index contributed by atoms with van der Waals surface area (Å²) in [7, 11) is -3.96. The molecule has 126 valence electrons. The molecule has 2 bridgehead atoms. The molecule has 0 aromatic heterocycles. The molecule has 5 unspecified atom stereocenters. The van der Waals surface area contributed by atoms with Gasteiger partial charge in [0.25, 0.3) is 10.1 Å². The molecule has 0 aromatic carbocycles. The van der Waals surface area contributed by atoms with Gasteiger partial charge in [0, 0.05) is 11.3 Å². The van der Waals surface area contributed by atoms with Crippen LogP contribution in [0.5, 0.6) is 0 Å². The molecule has 1 aliphatic heterocycles. The Kier molecular flexibility index (Phi) is 3.70. The largest absolute Gasteiger partial charge is 0.691 e. The minimum absolute atomic E-state index is 0.310. The molecular weight excluding hydrogens is 350 g/mol. The molecular formula is C10H11F2O8S2-. The fourth-order valence-corrected chi connectivity index (χ4v) is 6.04. The first-order valence-electron chi connectivity index (χ1n) is 6.26. The van der Waals surface area contributed by atoms with Gasteiger partial charge in [0.15, 0.2) is 0 Å². The summed E-state index contributed by atoms with van der Waals surface area (Å²) in [5.74, 6) is -2.36. The molecule has 0 spiro atoms. The molecule has 1 heterocycles. The third kappa shape index (κ3) is 2.32. The van der Waals surface area contributed by atoms with E-state index in [1.165, 1.54) is 0 Å². The van der Waals surface area contributed by atoms with Crippen LogP contribution in [0.4, 0.5) is 8.78 Å². The highest BCUT2D eigenvalue weighted by atomic mass is 32.2. The van der Waals surface area contributed by atoms with Gasteiger partial charge in [-0.15, -0.1) is 0 Å². The molecule has 0 aromatic rings. The molecule has 2 aliphatic carbocycles. The second-order valence-electron chi connectivity index (χ2n) is 5.88. The minimum Gasteiger partial charge on any atom is -0.691 e. The van der Waals surface area contributed by atoms with Gasteiger partial charge in [-0.05, 0) is 12.8 Å². The van der Waals surface area contributed by atoms with Crippen LogP contribution in [-0.4, -0.2) is 37.1 Å². The zero-order chi connectivity index (χ0) is 16.3. The Labute approximate surface area is 128 Å². The van der Waals surface area contributed by atoms with Crippen molar-refractivity contribution in [2.75, 3.05) is 0 Å². The Morgan fingerprint density at radius 2 is 2.14 bits per heavy atom. The fourth-order valence-electron chi connectivity index (χ4n) is 3.74. The molecule has 22 heavy (non-hydrogen) atoms. The van der Waals surface area contributed by atoms with Crippen molar-refractivity contribution in [2.24, 2.45) is 11.3 Å². The van der Waals surface area contributed by atoms with E-state index < -0.39 is 56.3 Å². The van der Waals surface area contributed by atoms with Gasteiger partial charge in [0.05, 0.1) is 6.10 Å². The Morgan fingerprint density at radius 3 is 2.77 bits per heavy atom. The van der Waals surface area contributed by atoms with Crippen molar-refractivity contribution < 1.29 is 45.5 Å². The molecule has 2 saturated carbocycles. The van der Waals surface area contributed by atoms with Crippen molar-refractivity contribution in [1.82, 2.24) is 0 Å². The van der Waals surface area contributed by atoms with E-state index in [2.05, 4.69) is 9.37 Å². The van der Waals surface area contributed by atoms with Gasteiger partial charge in [-0.25, -0.2) is 4.79 Å². The summed E-state index contributed by atoms with van der Waals surface area (Å²) in [5.41, 5.74) is -0.740. The van der Waals surface area contributed by atoms with Crippen molar-refractivity contribution in [3.05, 3.63) is 0 Å². The van der Waals surface area contributed by atoms with E-state index >= 15 is 0 Å². The highest BCUT2D eigenvalue weighted by molar-refractivity contribution is 7.96. The Bertz CT molecular complexity index is 592. The second kappa shape index (κ2) is 4.98. The number of hydrogen-bond acceptors (Lipinski definition) is 9. The number of alkyl halides is 2. The van der Waals surface area contributed by atoms with Crippen LogP contribution >= 0.6 is 12.0 Å². The molecule has 3 rings (SSSR count). The number of rotatable bonds is 5. The molecule has 12 heteroatoms. The van der Waals surface area contributed by atoms with Crippen LogP contribution in [0.25, 0.3) is 0 Å². The van der Waals surface area contributed by atoms with Crippen LogP contribution in [0.15, 0.2) is 0 Å². The topological polar surface area (TPSA) is 111 Å². The van der Waals surface area contributed by atoms with Gasteiger partial charge in [-0.2, -0.15) is 21.5 Å². The van der Waals surface area contributed by atoms with Crippen LogP contribution in [0.2, 0.25) is 0 Å². The molecule has 3 fully saturated rings. The summed E-state index contributed by atoms with van der Waals surface area (Å²) in [6.45, 7) is 1.67. The van der Waals surface area contributed by atoms with Gasteiger partial charge in [0.1, 0.15) is 23.4 Å². The quantitative estimate of drug-likeness (QED) is 0.218. The van der Waals surface area contributed by atoms with E-state index in [-0.39, 0.29) is 5.92 Å². The number of carbonyl (C=O) groups is 1. The molecule has 8 nitrogen and oxygen atoms in total. The van der Waals surface area contributed by atoms with Crippen LogP contribution in [0.3, 0.4) is 0 Å². The van der Waals surface area contributed by atoms with E-state index in [0.717, 1.165) is 0 Å². The van der Waals surface area contributed by atoms with Crippen LogP contribution in [0.1, 0.15) is 19.8 Å². The molecule has 0 N–H and O–H groups in total. The fraction of sp³-hybridized carbons (Fsp3) is 0.900. The summed E-state index contributed by atoms with van der Waals surface area (Å²) in [4.78, 5) is 11.6. The number of carbonyl (C=O) groups excluding carboxylic acids is 1. The Morgan fingerprint density at radius 1 is 1.45 bits per heavy atom. The highest BCUT2D eigenvalue weighted by Gasteiger charge is 2.71. The van der Waals surface area contributed by atoms with Gasteiger partial charge in [0.2, 0.25) is 0 Å². The molecule has 1 saturated heterocycles. The zero-order valence-corrected chi connectivity index (χ0v) is 12.7. The number of hydrogen-bond donors (Lipinski definition) is 0. The normalized spacial score (nSPS) is 41.8. The minimum atomic E-state index is -4.20. The zero-order valence-electron chi connectivity index (χ0n) is 11.1. The van der Waals surface area contributed by atoms with Crippen LogP contribution in [0, 0.1) is 11.3 Å². The Balaban J connectivity index is 1.79. The lowest BCUT2D eigenvalue weighted by molar-refractivity contribution is -0.777. The first-order chi connectivity index (χ1) is 10.1. The summed E-state index contributed by atoms with van der Waals surface area (Å²) < 4.78 is 63.9. The van der Waals surface area contributed by atoms with Crippen LogP contribution in [-0.2, 0) is 33.2 Å². The maximum absolute atomic E-state index is 13.4. The summed E-state index contributed by atoms with van der Waals surface area (Å²) in [6.07, 6.45) is -0.988. The van der Waals surface area contributed by atoms with Crippen molar-refractivity contribution >= 4 is 28.1 Å². The van der Waals surface area contributed by atoms with Crippen LogP contribution < -0.4 is 5.26 Å². The highest BCUT2D eigenvalue weighted by Crippen LogP contribution is 2.62. The van der Waals surface area contributed by atoms with E-state index in [4.69, 9.17) is 8.92 Å². The van der Waals surface area contributed by atoms with E-state index in [1.807, 2.05) is 0 Å². The Hall–Kier alpha value is -0.530. The maximum atomic E-state index is 13.4. The SMILES string of the molecule is CC12CC3OS(=O)(=O)C(C3C1)C2OC(=O)C(F)(F)SOO[O-]. The number of ether oxygens (including phenoxy) is 1. The predicted octanol–water partition coefficient (Wildman–Crippen LogP) is -0.110.